The minimum Gasteiger partial charge on any atom is -0.344 e. The third-order valence-electron chi connectivity index (χ3n) is 2.88. The smallest absolute Gasteiger partial charge is 0.164 e. The molecule has 1 atom stereocenters. The normalized spacial score (nSPS) is 32.9. The summed E-state index contributed by atoms with van der Waals surface area (Å²) in [5.41, 5.74) is 1.23. The molecule has 0 radical (unpaired) electrons. The van der Waals surface area contributed by atoms with E-state index in [2.05, 4.69) is 22.5 Å². The number of hydrogen-bond donors (Lipinski definition) is 0. The number of halogens is 1. The van der Waals surface area contributed by atoms with Crippen molar-refractivity contribution in [3.05, 3.63) is 12.2 Å². The highest BCUT2D eigenvalue weighted by atomic mass is 79.9. The van der Waals surface area contributed by atoms with Gasteiger partial charge in [-0.05, 0) is 32.3 Å². The van der Waals surface area contributed by atoms with Gasteiger partial charge in [0.05, 0.1) is 11.7 Å². The molecule has 1 saturated carbocycles. The largest absolute Gasteiger partial charge is 0.344 e. The van der Waals surface area contributed by atoms with Crippen LogP contribution in [0.15, 0.2) is 12.2 Å². The van der Waals surface area contributed by atoms with Gasteiger partial charge in [-0.15, -0.1) is 0 Å². The van der Waals surface area contributed by atoms with Crippen molar-refractivity contribution in [2.75, 3.05) is 5.33 Å². The summed E-state index contributed by atoms with van der Waals surface area (Å²) in [4.78, 5) is 0. The third-order valence-corrected chi connectivity index (χ3v) is 3.60. The number of alkyl halides is 1. The van der Waals surface area contributed by atoms with Crippen LogP contribution >= 0.6 is 15.9 Å². The van der Waals surface area contributed by atoms with Crippen LogP contribution in [0.5, 0.6) is 0 Å². The second kappa shape index (κ2) is 3.32. The predicted molar refractivity (Wildman–Crippen MR) is 59.6 cm³/mol. The maximum Gasteiger partial charge on any atom is 0.164 e. The molecule has 0 N–H and O–H groups in total. The fourth-order valence-corrected chi connectivity index (χ4v) is 2.43. The molecule has 0 aromatic carbocycles. The van der Waals surface area contributed by atoms with Gasteiger partial charge in [0.15, 0.2) is 5.79 Å². The van der Waals surface area contributed by atoms with Gasteiger partial charge in [0.25, 0.3) is 0 Å². The first kappa shape index (κ1) is 10.7. The molecule has 2 nitrogen and oxygen atoms in total. The molecule has 0 aromatic rings. The molecule has 2 fully saturated rings. The lowest BCUT2D eigenvalue weighted by Gasteiger charge is -2.41. The van der Waals surface area contributed by atoms with Crippen LogP contribution in [-0.4, -0.2) is 22.8 Å². The average molecular weight is 261 g/mol. The Morgan fingerprint density at radius 1 is 1.50 bits per heavy atom. The molecular weight excluding hydrogens is 244 g/mol. The molecule has 2 rings (SSSR count). The second-order valence-electron chi connectivity index (χ2n) is 4.79. The highest BCUT2D eigenvalue weighted by molar-refractivity contribution is 9.09. The molecule has 14 heavy (non-hydrogen) atoms. The summed E-state index contributed by atoms with van der Waals surface area (Å²) in [7, 11) is 0. The highest BCUT2D eigenvalue weighted by Crippen LogP contribution is 2.51. The Kier molecular flexibility index (Phi) is 2.53. The molecule has 1 aliphatic carbocycles. The van der Waals surface area contributed by atoms with Gasteiger partial charge >= 0.3 is 0 Å². The van der Waals surface area contributed by atoms with Gasteiger partial charge in [-0.3, -0.25) is 0 Å². The standard InChI is InChI=1S/C11H17BrO2/c1-8(7-12)9-6-11(4-5-11)14-10(2,3)13-9/h9H,1,4-7H2,2-3H3/t9-/m0/s1. The molecule has 0 amide bonds. The maximum atomic E-state index is 5.92. The lowest BCUT2D eigenvalue weighted by atomic mass is 10.0. The van der Waals surface area contributed by atoms with Crippen molar-refractivity contribution >= 4 is 15.9 Å². The molecule has 80 valence electrons. The van der Waals surface area contributed by atoms with Gasteiger partial charge in [0, 0.05) is 11.8 Å². The van der Waals surface area contributed by atoms with Crippen LogP contribution in [0.4, 0.5) is 0 Å². The van der Waals surface area contributed by atoms with Crippen LogP contribution < -0.4 is 0 Å². The van der Waals surface area contributed by atoms with Crippen LogP contribution in [0, 0.1) is 0 Å². The molecule has 1 saturated heterocycles. The lowest BCUT2D eigenvalue weighted by Crippen LogP contribution is -2.46. The molecule has 1 aliphatic heterocycles. The van der Waals surface area contributed by atoms with E-state index in [0.717, 1.165) is 17.3 Å². The molecule has 3 heteroatoms. The van der Waals surface area contributed by atoms with E-state index in [0.29, 0.717) is 0 Å². The first-order valence-electron chi connectivity index (χ1n) is 5.08. The van der Waals surface area contributed by atoms with Crippen LogP contribution in [0.2, 0.25) is 0 Å². The Morgan fingerprint density at radius 3 is 2.64 bits per heavy atom. The van der Waals surface area contributed by atoms with Crippen LogP contribution in [0.3, 0.4) is 0 Å². The number of ether oxygens (including phenoxy) is 2. The summed E-state index contributed by atoms with van der Waals surface area (Å²) in [5, 5.41) is 0.809. The molecule has 0 unspecified atom stereocenters. The van der Waals surface area contributed by atoms with Crippen molar-refractivity contribution in [1.29, 1.82) is 0 Å². The summed E-state index contributed by atoms with van der Waals surface area (Å²) in [6.07, 6.45) is 3.47. The van der Waals surface area contributed by atoms with E-state index in [-0.39, 0.29) is 11.7 Å². The lowest BCUT2D eigenvalue weighted by molar-refractivity contribution is -0.301. The summed E-state index contributed by atoms with van der Waals surface area (Å²) in [6, 6.07) is 0. The van der Waals surface area contributed by atoms with Gasteiger partial charge in [0.1, 0.15) is 0 Å². The van der Waals surface area contributed by atoms with E-state index in [4.69, 9.17) is 9.47 Å². The fraction of sp³-hybridized carbons (Fsp3) is 0.818. The van der Waals surface area contributed by atoms with Gasteiger partial charge in [-0.1, -0.05) is 22.5 Å². The Labute approximate surface area is 93.8 Å². The zero-order chi connectivity index (χ0) is 10.4. The Bertz CT molecular complexity index is 250. The number of rotatable bonds is 2. The Balaban J connectivity index is 2.09. The van der Waals surface area contributed by atoms with Crippen molar-refractivity contribution in [3.63, 3.8) is 0 Å². The molecule has 1 heterocycles. The summed E-state index contributed by atoms with van der Waals surface area (Å²) < 4.78 is 11.8. The van der Waals surface area contributed by atoms with Crippen molar-refractivity contribution in [3.8, 4) is 0 Å². The SMILES string of the molecule is C=C(CBr)[C@@H]1CC2(CC2)OC(C)(C)O1. The fourth-order valence-electron chi connectivity index (χ4n) is 2.07. The topological polar surface area (TPSA) is 18.5 Å². The minimum atomic E-state index is -0.454. The van der Waals surface area contributed by atoms with E-state index in [1.165, 1.54) is 12.8 Å². The quantitative estimate of drug-likeness (QED) is 0.562. The predicted octanol–water partition coefficient (Wildman–Crippen LogP) is 3.01. The van der Waals surface area contributed by atoms with Crippen molar-refractivity contribution in [2.45, 2.75) is 50.6 Å². The van der Waals surface area contributed by atoms with E-state index in [9.17, 15) is 0 Å². The molecule has 0 bridgehead atoms. The molecular formula is C11H17BrO2. The second-order valence-corrected chi connectivity index (χ2v) is 5.35. The van der Waals surface area contributed by atoms with Gasteiger partial charge in [0.2, 0.25) is 0 Å². The van der Waals surface area contributed by atoms with E-state index >= 15 is 0 Å². The van der Waals surface area contributed by atoms with Crippen molar-refractivity contribution < 1.29 is 9.47 Å². The third kappa shape index (κ3) is 2.05. The number of hydrogen-bond acceptors (Lipinski definition) is 2. The summed E-state index contributed by atoms with van der Waals surface area (Å²) in [5.74, 6) is -0.454. The average Bonchev–Trinajstić information content (AvgIpc) is 2.80. The van der Waals surface area contributed by atoms with Gasteiger partial charge in [-0.2, -0.15) is 0 Å². The summed E-state index contributed by atoms with van der Waals surface area (Å²) in [6.45, 7) is 8.00. The van der Waals surface area contributed by atoms with Crippen molar-refractivity contribution in [2.24, 2.45) is 0 Å². The molecule has 0 aromatic heterocycles. The summed E-state index contributed by atoms with van der Waals surface area (Å²) >= 11 is 3.43. The van der Waals surface area contributed by atoms with E-state index in [1.54, 1.807) is 0 Å². The zero-order valence-electron chi connectivity index (χ0n) is 8.81. The van der Waals surface area contributed by atoms with E-state index < -0.39 is 5.79 Å². The maximum absolute atomic E-state index is 5.92. The first-order chi connectivity index (χ1) is 6.46. The van der Waals surface area contributed by atoms with E-state index in [1.807, 2.05) is 13.8 Å². The van der Waals surface area contributed by atoms with Gasteiger partial charge in [-0.25, -0.2) is 0 Å². The Hall–Kier alpha value is 0.140. The monoisotopic (exact) mass is 260 g/mol. The van der Waals surface area contributed by atoms with Crippen LogP contribution in [-0.2, 0) is 9.47 Å². The first-order valence-corrected chi connectivity index (χ1v) is 6.20. The minimum absolute atomic E-state index is 0.109. The highest BCUT2D eigenvalue weighted by Gasteiger charge is 2.53. The van der Waals surface area contributed by atoms with Crippen molar-refractivity contribution in [1.82, 2.24) is 0 Å². The Morgan fingerprint density at radius 2 is 2.14 bits per heavy atom. The molecule has 1 spiro atoms. The van der Waals surface area contributed by atoms with Crippen LogP contribution in [0.1, 0.15) is 33.1 Å². The van der Waals surface area contributed by atoms with Crippen LogP contribution in [0.25, 0.3) is 0 Å². The molecule has 2 aliphatic rings. The zero-order valence-corrected chi connectivity index (χ0v) is 10.4. The van der Waals surface area contributed by atoms with Gasteiger partial charge < -0.3 is 9.47 Å².